The first-order chi connectivity index (χ1) is 7.16. The van der Waals surface area contributed by atoms with Gasteiger partial charge in [-0.15, -0.1) is 0 Å². The van der Waals surface area contributed by atoms with E-state index in [1.807, 2.05) is 0 Å². The molecule has 2 rings (SSSR count). The molecule has 0 radical (unpaired) electrons. The Bertz CT molecular complexity index is 497. The lowest BCUT2D eigenvalue weighted by Gasteiger charge is -2.03. The van der Waals surface area contributed by atoms with E-state index in [1.54, 1.807) is 30.3 Å². The van der Waals surface area contributed by atoms with Crippen molar-refractivity contribution >= 4 is 11.6 Å². The smallest absolute Gasteiger partial charge is 0.142 e. The van der Waals surface area contributed by atoms with Crippen LogP contribution in [0.15, 0.2) is 42.5 Å². The molecule has 2 aromatic carbocycles. The van der Waals surface area contributed by atoms with Gasteiger partial charge in [0.25, 0.3) is 0 Å². The highest BCUT2D eigenvalue weighted by atomic mass is 35.5. The van der Waals surface area contributed by atoms with Crippen LogP contribution in [-0.2, 0) is 0 Å². The third kappa shape index (κ3) is 2.10. The monoisotopic (exact) mass is 222 g/mol. The first-order valence-corrected chi connectivity index (χ1v) is 4.79. The van der Waals surface area contributed by atoms with E-state index in [2.05, 4.69) is 0 Å². The molecule has 1 nitrogen and oxygen atoms in total. The third-order valence-corrected chi connectivity index (χ3v) is 2.41. The van der Waals surface area contributed by atoms with Crippen LogP contribution in [0, 0.1) is 5.82 Å². The number of rotatable bonds is 1. The van der Waals surface area contributed by atoms with Gasteiger partial charge in [0.1, 0.15) is 11.6 Å². The Morgan fingerprint density at radius 2 is 1.73 bits per heavy atom. The molecule has 0 spiro atoms. The van der Waals surface area contributed by atoms with Crippen molar-refractivity contribution in [1.29, 1.82) is 0 Å². The highest BCUT2D eigenvalue weighted by molar-refractivity contribution is 6.30. The zero-order valence-corrected chi connectivity index (χ0v) is 8.50. The molecule has 0 atom stereocenters. The van der Waals surface area contributed by atoms with E-state index in [4.69, 9.17) is 11.6 Å². The van der Waals surface area contributed by atoms with Crippen LogP contribution in [0.25, 0.3) is 11.1 Å². The van der Waals surface area contributed by atoms with Gasteiger partial charge in [-0.2, -0.15) is 0 Å². The van der Waals surface area contributed by atoms with Crippen LogP contribution in [0.1, 0.15) is 0 Å². The molecule has 15 heavy (non-hydrogen) atoms. The Hall–Kier alpha value is -1.54. The van der Waals surface area contributed by atoms with Crippen molar-refractivity contribution in [2.75, 3.05) is 0 Å². The molecule has 3 heteroatoms. The molecule has 0 heterocycles. The SMILES string of the molecule is Oc1cccc(-c2ccc(Cl)c(F)c2)c1. The van der Waals surface area contributed by atoms with Crippen LogP contribution in [0.4, 0.5) is 4.39 Å². The molecule has 0 fully saturated rings. The summed E-state index contributed by atoms with van der Waals surface area (Å²) in [5.41, 5.74) is 1.44. The van der Waals surface area contributed by atoms with E-state index in [0.29, 0.717) is 5.56 Å². The molecule has 0 aliphatic carbocycles. The molecule has 2 aromatic rings. The second-order valence-corrected chi connectivity index (χ2v) is 3.59. The molecule has 0 bridgehead atoms. The fourth-order valence-electron chi connectivity index (χ4n) is 1.36. The van der Waals surface area contributed by atoms with Gasteiger partial charge in [-0.25, -0.2) is 4.39 Å². The summed E-state index contributed by atoms with van der Waals surface area (Å²) in [6.45, 7) is 0. The summed E-state index contributed by atoms with van der Waals surface area (Å²) in [7, 11) is 0. The largest absolute Gasteiger partial charge is 0.508 e. The summed E-state index contributed by atoms with van der Waals surface area (Å²) in [4.78, 5) is 0. The van der Waals surface area contributed by atoms with Crippen LogP contribution in [0.2, 0.25) is 5.02 Å². The molecule has 0 saturated carbocycles. The first-order valence-electron chi connectivity index (χ1n) is 4.41. The van der Waals surface area contributed by atoms with Gasteiger partial charge in [0.05, 0.1) is 5.02 Å². The van der Waals surface area contributed by atoms with Crippen molar-refractivity contribution in [3.8, 4) is 16.9 Å². The average molecular weight is 223 g/mol. The molecule has 0 aliphatic rings. The summed E-state index contributed by atoms with van der Waals surface area (Å²) in [6, 6.07) is 11.2. The number of hydrogen-bond acceptors (Lipinski definition) is 1. The van der Waals surface area contributed by atoms with E-state index in [1.165, 1.54) is 12.1 Å². The van der Waals surface area contributed by atoms with Gasteiger partial charge >= 0.3 is 0 Å². The van der Waals surface area contributed by atoms with Gasteiger partial charge < -0.3 is 5.11 Å². The predicted molar refractivity (Wildman–Crippen MR) is 58.5 cm³/mol. The fraction of sp³-hybridized carbons (Fsp3) is 0. The molecule has 0 saturated heterocycles. The summed E-state index contributed by atoms with van der Waals surface area (Å²) < 4.78 is 13.2. The normalized spacial score (nSPS) is 10.3. The van der Waals surface area contributed by atoms with Crippen LogP contribution in [0.5, 0.6) is 5.75 Å². The van der Waals surface area contributed by atoms with Gasteiger partial charge in [-0.1, -0.05) is 29.8 Å². The molecule has 0 aliphatic heterocycles. The Morgan fingerprint density at radius 3 is 2.40 bits per heavy atom. The maximum Gasteiger partial charge on any atom is 0.142 e. The van der Waals surface area contributed by atoms with Gasteiger partial charge in [-0.3, -0.25) is 0 Å². The minimum Gasteiger partial charge on any atom is -0.508 e. The van der Waals surface area contributed by atoms with E-state index in [0.717, 1.165) is 5.56 Å². The molecular formula is C12H8ClFO. The zero-order valence-electron chi connectivity index (χ0n) is 7.74. The molecule has 0 aromatic heterocycles. The van der Waals surface area contributed by atoms with Crippen molar-refractivity contribution in [1.82, 2.24) is 0 Å². The Kier molecular flexibility index (Phi) is 2.60. The maximum atomic E-state index is 13.2. The van der Waals surface area contributed by atoms with Crippen molar-refractivity contribution in [2.24, 2.45) is 0 Å². The van der Waals surface area contributed by atoms with Crippen molar-refractivity contribution in [3.63, 3.8) is 0 Å². The van der Waals surface area contributed by atoms with Crippen molar-refractivity contribution in [2.45, 2.75) is 0 Å². The predicted octanol–water partition coefficient (Wildman–Crippen LogP) is 3.85. The van der Waals surface area contributed by atoms with Crippen molar-refractivity contribution < 1.29 is 9.50 Å². The second kappa shape index (κ2) is 3.91. The van der Waals surface area contributed by atoms with Crippen LogP contribution in [-0.4, -0.2) is 5.11 Å². The van der Waals surface area contributed by atoms with E-state index < -0.39 is 5.82 Å². The van der Waals surface area contributed by atoms with Crippen molar-refractivity contribution in [3.05, 3.63) is 53.3 Å². The van der Waals surface area contributed by atoms with E-state index >= 15 is 0 Å². The summed E-state index contributed by atoms with van der Waals surface area (Å²) in [5.74, 6) is -0.305. The molecule has 0 amide bonds. The highest BCUT2D eigenvalue weighted by Crippen LogP contribution is 2.26. The van der Waals surface area contributed by atoms with Gasteiger partial charge in [0.2, 0.25) is 0 Å². The number of hydrogen-bond donors (Lipinski definition) is 1. The molecule has 0 unspecified atom stereocenters. The van der Waals surface area contributed by atoms with Crippen LogP contribution in [0.3, 0.4) is 0 Å². The Balaban J connectivity index is 2.50. The lowest BCUT2D eigenvalue weighted by molar-refractivity contribution is 0.475. The van der Waals surface area contributed by atoms with Gasteiger partial charge in [0.15, 0.2) is 0 Å². The maximum absolute atomic E-state index is 13.2. The summed E-state index contributed by atoms with van der Waals surface area (Å²) in [6.07, 6.45) is 0. The molecule has 1 N–H and O–H groups in total. The molecular weight excluding hydrogens is 215 g/mol. The lowest BCUT2D eigenvalue weighted by Crippen LogP contribution is -1.81. The number of benzene rings is 2. The Morgan fingerprint density at radius 1 is 1.00 bits per heavy atom. The minimum absolute atomic E-state index is 0.0962. The summed E-state index contributed by atoms with van der Waals surface area (Å²) >= 11 is 5.57. The van der Waals surface area contributed by atoms with Crippen LogP contribution >= 0.6 is 11.6 Å². The van der Waals surface area contributed by atoms with Gasteiger partial charge in [-0.05, 0) is 35.4 Å². The number of phenols is 1. The Labute approximate surface area is 91.8 Å². The van der Waals surface area contributed by atoms with Crippen LogP contribution < -0.4 is 0 Å². The quantitative estimate of drug-likeness (QED) is 0.777. The van der Waals surface area contributed by atoms with E-state index in [9.17, 15) is 9.50 Å². The first kappa shape index (κ1) is 9.99. The summed E-state index contributed by atoms with van der Waals surface area (Å²) in [5, 5.41) is 9.37. The zero-order chi connectivity index (χ0) is 10.8. The topological polar surface area (TPSA) is 20.2 Å². The van der Waals surface area contributed by atoms with Gasteiger partial charge in [0, 0.05) is 0 Å². The lowest BCUT2D eigenvalue weighted by atomic mass is 10.1. The third-order valence-electron chi connectivity index (χ3n) is 2.10. The second-order valence-electron chi connectivity index (χ2n) is 3.18. The number of halogens is 2. The number of aromatic hydroxyl groups is 1. The standard InChI is InChI=1S/C12H8ClFO/c13-11-5-4-9(7-12(11)14)8-2-1-3-10(15)6-8/h1-7,15H. The number of phenolic OH excluding ortho intramolecular Hbond substituents is 1. The molecule has 76 valence electrons. The average Bonchev–Trinajstić information content (AvgIpc) is 2.22. The minimum atomic E-state index is -0.461. The highest BCUT2D eigenvalue weighted by Gasteiger charge is 2.03. The fourth-order valence-corrected chi connectivity index (χ4v) is 1.48. The van der Waals surface area contributed by atoms with E-state index in [-0.39, 0.29) is 10.8 Å².